The van der Waals surface area contributed by atoms with Gasteiger partial charge in [0.2, 0.25) is 5.91 Å². The number of halogens is 1. The van der Waals surface area contributed by atoms with Gasteiger partial charge in [-0.1, -0.05) is 30.3 Å². The van der Waals surface area contributed by atoms with Gasteiger partial charge in [0.05, 0.1) is 5.60 Å². The first-order valence-corrected chi connectivity index (χ1v) is 11.2. The van der Waals surface area contributed by atoms with Crippen LogP contribution in [0.1, 0.15) is 24.8 Å². The molecular formula is C21H33IN4O2S. The fourth-order valence-corrected chi connectivity index (χ4v) is 5.00. The van der Waals surface area contributed by atoms with Crippen LogP contribution in [-0.4, -0.2) is 73.7 Å². The number of nitrogens with zero attached hydrogens (tertiary/aromatic N) is 2. The topological polar surface area (TPSA) is 66.0 Å². The van der Waals surface area contributed by atoms with E-state index in [-0.39, 0.29) is 42.0 Å². The average Bonchev–Trinajstić information content (AvgIpc) is 3.13. The minimum absolute atomic E-state index is 0. The van der Waals surface area contributed by atoms with Gasteiger partial charge in [0.1, 0.15) is 6.54 Å². The first kappa shape index (κ1) is 24.3. The summed E-state index contributed by atoms with van der Waals surface area (Å²) in [4.78, 5) is 18.1. The molecule has 0 aromatic heterocycles. The van der Waals surface area contributed by atoms with Gasteiger partial charge < -0.3 is 20.3 Å². The van der Waals surface area contributed by atoms with Crippen molar-refractivity contribution in [1.29, 1.82) is 0 Å². The lowest BCUT2D eigenvalue weighted by Crippen LogP contribution is -2.52. The third-order valence-corrected chi connectivity index (χ3v) is 6.54. The highest BCUT2D eigenvalue weighted by atomic mass is 127. The molecule has 1 aromatic carbocycles. The van der Waals surface area contributed by atoms with E-state index in [1.54, 1.807) is 19.0 Å². The number of rotatable bonds is 6. The van der Waals surface area contributed by atoms with E-state index in [4.69, 9.17) is 4.74 Å². The molecule has 2 atom stereocenters. The van der Waals surface area contributed by atoms with Crippen LogP contribution in [0.5, 0.6) is 0 Å². The largest absolute Gasteiger partial charge is 0.374 e. The Bertz CT molecular complexity index is 666. The molecule has 0 bridgehead atoms. The van der Waals surface area contributed by atoms with Gasteiger partial charge in [-0.2, -0.15) is 11.8 Å². The molecule has 0 saturated carbocycles. The lowest BCUT2D eigenvalue weighted by atomic mass is 9.90. The Morgan fingerprint density at radius 1 is 1.34 bits per heavy atom. The number of carbonyl (C=O) groups excluding carboxylic acids is 1. The van der Waals surface area contributed by atoms with E-state index in [2.05, 4.69) is 39.9 Å². The predicted molar refractivity (Wildman–Crippen MR) is 131 cm³/mol. The third kappa shape index (κ3) is 7.64. The van der Waals surface area contributed by atoms with Crippen molar-refractivity contribution in [2.45, 2.75) is 37.3 Å². The van der Waals surface area contributed by atoms with Crippen molar-refractivity contribution in [2.75, 3.05) is 45.3 Å². The number of hydrogen-bond donors (Lipinski definition) is 2. The van der Waals surface area contributed by atoms with Crippen LogP contribution in [-0.2, 0) is 16.0 Å². The summed E-state index contributed by atoms with van der Waals surface area (Å²) in [6.45, 7) is 1.71. The number of hydrogen-bond acceptors (Lipinski definition) is 4. The molecule has 8 heteroatoms. The lowest BCUT2D eigenvalue weighted by molar-refractivity contribution is -0.127. The number of nitrogens with one attached hydrogen (secondary N) is 2. The van der Waals surface area contributed by atoms with Crippen molar-refractivity contribution >= 4 is 47.6 Å². The number of aliphatic imine (C=N–C) groups is 1. The zero-order valence-corrected chi connectivity index (χ0v) is 20.5. The summed E-state index contributed by atoms with van der Waals surface area (Å²) >= 11 is 1.98. The van der Waals surface area contributed by atoms with Crippen LogP contribution in [0.3, 0.4) is 0 Å². The third-order valence-electron chi connectivity index (χ3n) is 5.32. The summed E-state index contributed by atoms with van der Waals surface area (Å²) in [6, 6.07) is 10.7. The van der Waals surface area contributed by atoms with Crippen LogP contribution in [0.25, 0.3) is 0 Å². The van der Waals surface area contributed by atoms with Crippen molar-refractivity contribution in [1.82, 2.24) is 15.5 Å². The van der Waals surface area contributed by atoms with E-state index in [0.29, 0.717) is 6.04 Å². The Morgan fingerprint density at radius 2 is 2.14 bits per heavy atom. The van der Waals surface area contributed by atoms with Gasteiger partial charge in [-0.05, 0) is 37.0 Å². The standard InChI is InChI=1S/C21H32N4O2S.HI/c1-25(2)19(26)15-23-20(22-11-8-17-6-4-3-5-7-17)24-18-9-12-27-21(14-18)10-13-28-16-21;/h3-7,18H,8-16H2,1-2H3,(H2,22,23,24);1H. The number of carbonyl (C=O) groups is 1. The molecule has 29 heavy (non-hydrogen) atoms. The molecule has 2 fully saturated rings. The van der Waals surface area contributed by atoms with Gasteiger partial charge in [0.25, 0.3) is 0 Å². The molecule has 2 aliphatic heterocycles. The van der Waals surface area contributed by atoms with E-state index in [0.717, 1.165) is 50.5 Å². The van der Waals surface area contributed by atoms with Crippen LogP contribution in [0, 0.1) is 0 Å². The summed E-state index contributed by atoms with van der Waals surface area (Å²) in [5.41, 5.74) is 1.31. The first-order chi connectivity index (χ1) is 13.6. The van der Waals surface area contributed by atoms with Crippen LogP contribution >= 0.6 is 35.7 Å². The summed E-state index contributed by atoms with van der Waals surface area (Å²) in [5, 5.41) is 6.98. The molecule has 0 aliphatic carbocycles. The average molecular weight is 532 g/mol. The van der Waals surface area contributed by atoms with E-state index in [9.17, 15) is 4.79 Å². The second-order valence-corrected chi connectivity index (χ2v) is 8.89. The SMILES string of the molecule is CN(C)C(=O)CN=C(NCCc1ccccc1)NC1CCOC2(CCSC2)C1.I. The number of ether oxygens (including phenoxy) is 1. The summed E-state index contributed by atoms with van der Waals surface area (Å²) in [6.07, 6.45) is 4.01. The molecule has 1 aromatic rings. The van der Waals surface area contributed by atoms with Crippen LogP contribution < -0.4 is 10.6 Å². The van der Waals surface area contributed by atoms with Crippen molar-refractivity contribution in [3.8, 4) is 0 Å². The molecule has 6 nitrogen and oxygen atoms in total. The van der Waals surface area contributed by atoms with Crippen LogP contribution in [0.2, 0.25) is 0 Å². The van der Waals surface area contributed by atoms with Gasteiger partial charge in [-0.3, -0.25) is 4.79 Å². The second-order valence-electron chi connectivity index (χ2n) is 7.78. The van der Waals surface area contributed by atoms with Crippen LogP contribution in [0.4, 0.5) is 0 Å². The fraction of sp³-hybridized carbons (Fsp3) is 0.619. The molecule has 2 aliphatic rings. The first-order valence-electron chi connectivity index (χ1n) is 10.1. The number of thioether (sulfide) groups is 1. The normalized spacial score (nSPS) is 24.1. The molecule has 2 N–H and O–H groups in total. The minimum Gasteiger partial charge on any atom is -0.374 e. The fourth-order valence-electron chi connectivity index (χ4n) is 3.62. The van der Waals surface area contributed by atoms with Gasteiger partial charge in [0, 0.05) is 39.0 Å². The van der Waals surface area contributed by atoms with Crippen molar-refractivity contribution in [3.05, 3.63) is 35.9 Å². The quantitative estimate of drug-likeness (QED) is 0.335. The summed E-state index contributed by atoms with van der Waals surface area (Å²) in [5.74, 6) is 2.98. The van der Waals surface area contributed by atoms with E-state index in [1.165, 1.54) is 11.3 Å². The Hall–Kier alpha value is -1.000. The van der Waals surface area contributed by atoms with E-state index < -0.39 is 0 Å². The molecule has 162 valence electrons. The second kappa shape index (κ2) is 12.0. The Morgan fingerprint density at radius 3 is 2.83 bits per heavy atom. The van der Waals surface area contributed by atoms with Gasteiger partial charge in [-0.25, -0.2) is 4.99 Å². The monoisotopic (exact) mass is 532 g/mol. The maximum absolute atomic E-state index is 12.0. The van der Waals surface area contributed by atoms with Crippen molar-refractivity contribution in [2.24, 2.45) is 4.99 Å². The highest BCUT2D eigenvalue weighted by molar-refractivity contribution is 14.0. The Kier molecular flexibility index (Phi) is 10.0. The maximum Gasteiger partial charge on any atom is 0.243 e. The zero-order valence-electron chi connectivity index (χ0n) is 17.4. The van der Waals surface area contributed by atoms with Gasteiger partial charge >= 0.3 is 0 Å². The smallest absolute Gasteiger partial charge is 0.243 e. The number of likely N-dealkylation sites (N-methyl/N-ethyl adjacent to an activating group) is 1. The highest BCUT2D eigenvalue weighted by Crippen LogP contribution is 2.38. The number of guanidine groups is 1. The molecule has 2 heterocycles. The van der Waals surface area contributed by atoms with Crippen molar-refractivity contribution < 1.29 is 9.53 Å². The molecular weight excluding hydrogens is 499 g/mol. The van der Waals surface area contributed by atoms with Crippen molar-refractivity contribution in [3.63, 3.8) is 0 Å². The van der Waals surface area contributed by atoms with Gasteiger partial charge in [0.15, 0.2) is 5.96 Å². The molecule has 2 saturated heterocycles. The summed E-state index contributed by atoms with van der Waals surface area (Å²) < 4.78 is 6.12. The van der Waals surface area contributed by atoms with Gasteiger partial charge in [-0.15, -0.1) is 24.0 Å². The molecule has 1 amide bonds. The molecule has 2 unspecified atom stereocenters. The number of benzene rings is 1. The van der Waals surface area contributed by atoms with E-state index >= 15 is 0 Å². The zero-order chi connectivity index (χ0) is 19.8. The predicted octanol–water partition coefficient (Wildman–Crippen LogP) is 2.53. The lowest BCUT2D eigenvalue weighted by Gasteiger charge is -2.38. The molecule has 1 spiro atoms. The summed E-state index contributed by atoms with van der Waals surface area (Å²) in [7, 11) is 3.52. The molecule has 0 radical (unpaired) electrons. The highest BCUT2D eigenvalue weighted by Gasteiger charge is 2.40. The Labute approximate surface area is 195 Å². The number of amides is 1. The Balaban J connectivity index is 0.00000300. The maximum atomic E-state index is 12.0. The van der Waals surface area contributed by atoms with E-state index in [1.807, 2.05) is 17.8 Å². The van der Waals surface area contributed by atoms with Crippen LogP contribution in [0.15, 0.2) is 35.3 Å². The molecule has 3 rings (SSSR count). The minimum atomic E-state index is -0.000185.